The second-order valence-electron chi connectivity index (χ2n) is 0.180. The molecule has 0 saturated heterocycles. The molecule has 2 nitrogen and oxygen atoms in total. The Morgan fingerprint density at radius 3 is 1.50 bits per heavy atom. The molecular weight excluding hydrogens is 239 g/mol. The van der Waals surface area contributed by atoms with Crippen LogP contribution < -0.4 is 0 Å². The van der Waals surface area contributed by atoms with Crippen LogP contribution in [-0.4, -0.2) is 0 Å². The van der Waals surface area contributed by atoms with Gasteiger partial charge in [0.2, 0.25) is 0 Å². The molecule has 0 heterocycles. The fourth-order valence-corrected chi connectivity index (χ4v) is 0. The molecule has 0 rings (SSSR count). The normalized spacial score (nSPS) is 8.50. The first-order valence-corrected chi connectivity index (χ1v) is 7.05. The van der Waals surface area contributed by atoms with E-state index in [1.807, 2.05) is 0 Å². The highest BCUT2D eigenvalue weighted by Gasteiger charge is 1.59. The monoisotopic (exact) mass is 238 g/mol. The van der Waals surface area contributed by atoms with E-state index in [-0.39, 0.29) is 0 Å². The van der Waals surface area contributed by atoms with Crippen molar-refractivity contribution in [3.05, 3.63) is 0 Å². The average Bonchev–Trinajstić information content (AvgIpc) is 0.811. The third kappa shape index (κ3) is 14.0. The third-order valence-electron chi connectivity index (χ3n) is 0. The molecule has 0 aliphatic rings. The van der Waals surface area contributed by atoms with Crippen molar-refractivity contribution in [1.82, 2.24) is 0 Å². The van der Waals surface area contributed by atoms with E-state index in [0.29, 0.717) is 0 Å². The molecule has 4 heteroatoms. The van der Waals surface area contributed by atoms with Crippen molar-refractivity contribution in [2.45, 2.75) is 0 Å². The molecule has 0 amide bonds. The molecule has 0 saturated carbocycles. The summed E-state index contributed by atoms with van der Waals surface area (Å²) in [4.78, 5) is 0. The highest BCUT2D eigenvalue weighted by Crippen LogP contribution is 2.12. The first-order chi connectivity index (χ1) is 1.73. The Labute approximate surface area is 36.5 Å². The summed E-state index contributed by atoms with van der Waals surface area (Å²) in [5.41, 5.74) is 0. The maximum atomic E-state index is 9.05. The minimum Gasteiger partial charge on any atom is -0.223 e. The van der Waals surface area contributed by atoms with Gasteiger partial charge in [0.25, 0.3) is 0 Å². The van der Waals surface area contributed by atoms with E-state index in [0.717, 1.165) is 0 Å². The number of hydrogen-bond acceptors (Lipinski definition) is 2. The van der Waals surface area contributed by atoms with Gasteiger partial charge in [0, 0.05) is 0 Å². The fourth-order valence-electron chi connectivity index (χ4n) is 0. The van der Waals surface area contributed by atoms with Gasteiger partial charge in [0.05, 0.1) is 12.7 Å². The number of hydrogen-bond donors (Lipinski definition) is 0. The lowest BCUT2D eigenvalue weighted by atomic mass is 16.0. The molecule has 0 aliphatic carbocycles. The maximum absolute atomic E-state index is 9.05. The van der Waals surface area contributed by atoms with Gasteiger partial charge in [0.1, 0.15) is 0 Å². The third-order valence-corrected chi connectivity index (χ3v) is 0. The van der Waals surface area contributed by atoms with Crippen LogP contribution in [0, 0.1) is 0 Å². The average molecular weight is 239 g/mol. The van der Waals surface area contributed by atoms with Crippen LogP contribution in [0.25, 0.3) is 0 Å². The molecule has 0 aliphatic heterocycles. The topological polar surface area (TPSA) is 34.1 Å². The van der Waals surface area contributed by atoms with E-state index in [1.54, 1.807) is 0 Å². The van der Waals surface area contributed by atoms with Gasteiger partial charge >= 0.3 is 17.6 Å². The molecular formula is BrIO2. The first kappa shape index (κ1) is 4.81. The lowest BCUT2D eigenvalue weighted by Crippen LogP contribution is -0.922. The van der Waals surface area contributed by atoms with Crippen molar-refractivity contribution in [3.8, 4) is 0 Å². The minimum absolute atomic E-state index is 2.32. The van der Waals surface area contributed by atoms with E-state index >= 15 is 0 Å². The zero-order valence-corrected chi connectivity index (χ0v) is 5.32. The van der Waals surface area contributed by atoms with Gasteiger partial charge in [-0.05, 0) is 0 Å². The Balaban J connectivity index is 3.51. The summed E-state index contributed by atoms with van der Waals surface area (Å²) in [7, 11) is 0. The van der Waals surface area contributed by atoms with E-state index in [9.17, 15) is 0 Å². The number of halogens is 2. The van der Waals surface area contributed by atoms with Crippen molar-refractivity contribution in [2.24, 2.45) is 0 Å². The lowest BCUT2D eigenvalue weighted by molar-refractivity contribution is 0.612. The Morgan fingerprint density at radius 2 is 1.50 bits per heavy atom. The molecule has 0 aromatic heterocycles. The highest BCUT2D eigenvalue weighted by atomic mass is 127. The van der Waals surface area contributed by atoms with Crippen LogP contribution in [0.1, 0.15) is 0 Å². The van der Waals surface area contributed by atoms with Crippen molar-refractivity contribution in [1.29, 1.82) is 0 Å². The molecule has 0 spiro atoms. The summed E-state index contributed by atoms with van der Waals surface area (Å²) < 4.78 is 18.1. The Bertz CT molecular complexity index is 54.4. The molecule has 0 fully saturated rings. The van der Waals surface area contributed by atoms with Crippen molar-refractivity contribution >= 4 is 30.3 Å². The van der Waals surface area contributed by atoms with Gasteiger partial charge in [-0.1, -0.05) is 0 Å². The second-order valence-corrected chi connectivity index (χ2v) is 4.49. The van der Waals surface area contributed by atoms with Gasteiger partial charge < -0.3 is 0 Å². The van der Waals surface area contributed by atoms with Crippen LogP contribution in [0.4, 0.5) is 0 Å². The summed E-state index contributed by atoms with van der Waals surface area (Å²) >= 11 is -0.634. The minimum atomic E-state index is -2.95. The maximum Gasteiger partial charge on any atom is 0.378 e. The van der Waals surface area contributed by atoms with Crippen LogP contribution in [0.15, 0.2) is 0 Å². The predicted octanol–water partition coefficient (Wildman–Crippen LogP) is 1.49. The highest BCUT2D eigenvalue weighted by molar-refractivity contribution is 14.3. The quantitative estimate of drug-likeness (QED) is 0.600. The zero-order valence-electron chi connectivity index (χ0n) is 1.57. The SMILES string of the molecule is O=I(=O)Br. The molecule has 0 radical (unpaired) electrons. The van der Waals surface area contributed by atoms with Gasteiger partial charge in [0.15, 0.2) is 0 Å². The molecule has 0 unspecified atom stereocenters. The van der Waals surface area contributed by atoms with Crippen LogP contribution >= 0.6 is 30.3 Å². The molecule has 4 heavy (non-hydrogen) atoms. The van der Waals surface area contributed by atoms with Crippen molar-refractivity contribution in [2.75, 3.05) is 0 Å². The molecule has 0 aromatic carbocycles. The van der Waals surface area contributed by atoms with E-state index in [2.05, 4.69) is 12.7 Å². The zero-order chi connectivity index (χ0) is 3.58. The van der Waals surface area contributed by atoms with Crippen LogP contribution in [-0.2, 0) is 6.14 Å². The Morgan fingerprint density at radius 1 is 1.50 bits per heavy atom. The van der Waals surface area contributed by atoms with Crippen LogP contribution in [0.3, 0.4) is 0 Å². The summed E-state index contributed by atoms with van der Waals surface area (Å²) in [6, 6.07) is 0. The number of rotatable bonds is 0. The molecule has 26 valence electrons. The van der Waals surface area contributed by atoms with Crippen LogP contribution in [0.2, 0.25) is 0 Å². The van der Waals surface area contributed by atoms with Crippen molar-refractivity contribution in [3.63, 3.8) is 0 Å². The summed E-state index contributed by atoms with van der Waals surface area (Å²) in [6.07, 6.45) is 0. The molecule has 0 bridgehead atoms. The van der Waals surface area contributed by atoms with Gasteiger partial charge in [-0.2, -0.15) is 0 Å². The molecule has 0 atom stereocenters. The second kappa shape index (κ2) is 2.07. The standard InChI is InChI=1S/BrIO2/c1-2(3)4. The molecule has 0 N–H and O–H groups in total. The smallest absolute Gasteiger partial charge is 0.223 e. The van der Waals surface area contributed by atoms with Gasteiger partial charge in [-0.3, -0.25) is 0 Å². The van der Waals surface area contributed by atoms with E-state index in [4.69, 9.17) is 6.14 Å². The van der Waals surface area contributed by atoms with Gasteiger partial charge in [-0.15, -0.1) is 0 Å². The first-order valence-electron chi connectivity index (χ1n) is 0.451. The molecule has 0 aromatic rings. The van der Waals surface area contributed by atoms with Crippen molar-refractivity contribution < 1.29 is 6.14 Å². The summed E-state index contributed by atoms with van der Waals surface area (Å²) in [6.45, 7) is 0. The summed E-state index contributed by atoms with van der Waals surface area (Å²) in [5.74, 6) is 0. The van der Waals surface area contributed by atoms with E-state index in [1.165, 1.54) is 0 Å². The predicted molar refractivity (Wildman–Crippen MR) is 24.3 cm³/mol. The summed E-state index contributed by atoms with van der Waals surface area (Å²) in [5, 5.41) is 0. The van der Waals surface area contributed by atoms with Crippen LogP contribution in [0.5, 0.6) is 0 Å². The van der Waals surface area contributed by atoms with Gasteiger partial charge in [-0.25, -0.2) is 6.14 Å². The Kier molecular flexibility index (Phi) is 2.49. The van der Waals surface area contributed by atoms with E-state index < -0.39 is 17.6 Å². The fraction of sp³-hybridized carbons (Fsp3) is 0. The largest absolute Gasteiger partial charge is 0.378 e. The Hall–Kier alpha value is 0.810. The lowest BCUT2D eigenvalue weighted by Gasteiger charge is -1.29.